The Labute approximate surface area is 201 Å². The predicted molar refractivity (Wildman–Crippen MR) is 136 cm³/mol. The first-order valence-corrected chi connectivity index (χ1v) is 12.7. The molecule has 2 aromatic rings. The molecule has 0 heterocycles. The molecule has 0 fully saturated rings. The van der Waals surface area contributed by atoms with E-state index in [9.17, 15) is 4.79 Å². The first-order valence-electron chi connectivity index (χ1n) is 12.7. The van der Waals surface area contributed by atoms with Gasteiger partial charge in [0.15, 0.2) is 0 Å². The van der Waals surface area contributed by atoms with Crippen molar-refractivity contribution in [2.75, 3.05) is 27.4 Å². The Morgan fingerprint density at radius 1 is 0.848 bits per heavy atom. The summed E-state index contributed by atoms with van der Waals surface area (Å²) in [6.45, 7) is 5.86. The van der Waals surface area contributed by atoms with Crippen molar-refractivity contribution in [3.05, 3.63) is 65.7 Å². The molecule has 0 bridgehead atoms. The first-order chi connectivity index (χ1) is 15.9. The Hall–Kier alpha value is -2.33. The van der Waals surface area contributed by atoms with Crippen LogP contribution in [0.1, 0.15) is 69.9 Å². The summed E-state index contributed by atoms with van der Waals surface area (Å²) >= 11 is 0. The number of hydrogen-bond acceptors (Lipinski definition) is 3. The fourth-order valence-corrected chi connectivity index (χ4v) is 4.24. The van der Waals surface area contributed by atoms with E-state index in [4.69, 9.17) is 9.47 Å². The summed E-state index contributed by atoms with van der Waals surface area (Å²) in [5.74, 6) is 0.409. The minimum Gasteiger partial charge on any atom is -0.457 e. The zero-order valence-electron chi connectivity index (χ0n) is 21.2. The van der Waals surface area contributed by atoms with Crippen molar-refractivity contribution in [2.45, 2.75) is 71.8 Å². The first kappa shape index (κ1) is 26.9. The third-order valence-corrected chi connectivity index (χ3v) is 6.16. The molecule has 1 unspecified atom stereocenters. The second-order valence-corrected chi connectivity index (χ2v) is 9.75. The highest BCUT2D eigenvalue weighted by atomic mass is 16.7. The van der Waals surface area contributed by atoms with E-state index in [1.165, 1.54) is 49.7 Å². The molecule has 0 amide bonds. The summed E-state index contributed by atoms with van der Waals surface area (Å²) in [6.07, 6.45) is 9.72. The van der Waals surface area contributed by atoms with E-state index in [0.717, 1.165) is 36.2 Å². The lowest BCUT2D eigenvalue weighted by molar-refractivity contribution is -0.906. The van der Waals surface area contributed by atoms with Gasteiger partial charge in [-0.15, -0.1) is 0 Å². The smallest absolute Gasteiger partial charge is 0.317 e. The summed E-state index contributed by atoms with van der Waals surface area (Å²) in [4.78, 5) is 12.6. The van der Waals surface area contributed by atoms with E-state index in [-0.39, 0.29) is 18.7 Å². The Morgan fingerprint density at radius 3 is 2.18 bits per heavy atom. The van der Waals surface area contributed by atoms with E-state index in [1.54, 1.807) is 0 Å². The SMILES string of the molecule is CCCCCCCCc1ccc(OCOC(=O)C(CC)C[N+](C)(C)Cc2ccccc2)cc1. The van der Waals surface area contributed by atoms with Crippen molar-refractivity contribution in [3.8, 4) is 5.75 Å². The average molecular weight is 455 g/mol. The Morgan fingerprint density at radius 2 is 1.52 bits per heavy atom. The number of unbranched alkanes of at least 4 members (excludes halogenated alkanes) is 5. The van der Waals surface area contributed by atoms with Gasteiger partial charge in [0.25, 0.3) is 0 Å². The minimum atomic E-state index is -0.184. The lowest BCUT2D eigenvalue weighted by atomic mass is 10.0. The summed E-state index contributed by atoms with van der Waals surface area (Å²) in [6, 6.07) is 18.6. The minimum absolute atomic E-state index is 0.0434. The largest absolute Gasteiger partial charge is 0.457 e. The van der Waals surface area contributed by atoms with Crippen LogP contribution in [0.4, 0.5) is 0 Å². The second kappa shape index (κ2) is 14.7. The van der Waals surface area contributed by atoms with Gasteiger partial charge in [0.2, 0.25) is 6.79 Å². The number of quaternary nitrogens is 1. The number of esters is 1. The van der Waals surface area contributed by atoms with Gasteiger partial charge in [0.1, 0.15) is 18.2 Å². The van der Waals surface area contributed by atoms with Crippen LogP contribution in [0.15, 0.2) is 54.6 Å². The van der Waals surface area contributed by atoms with E-state index < -0.39 is 0 Å². The number of aryl methyl sites for hydroxylation is 1. The Balaban J connectivity index is 1.71. The molecule has 0 saturated heterocycles. The highest BCUT2D eigenvalue weighted by Gasteiger charge is 2.28. The van der Waals surface area contributed by atoms with Crippen molar-refractivity contribution < 1.29 is 18.8 Å². The number of benzene rings is 2. The van der Waals surface area contributed by atoms with Gasteiger partial charge in [0, 0.05) is 5.56 Å². The summed E-state index contributed by atoms with van der Waals surface area (Å²) in [7, 11) is 4.32. The summed E-state index contributed by atoms with van der Waals surface area (Å²) in [5, 5.41) is 0. The van der Waals surface area contributed by atoms with E-state index >= 15 is 0 Å². The van der Waals surface area contributed by atoms with Crippen molar-refractivity contribution >= 4 is 5.97 Å². The molecule has 1 atom stereocenters. The van der Waals surface area contributed by atoms with Crippen LogP contribution in [-0.4, -0.2) is 37.9 Å². The van der Waals surface area contributed by atoms with E-state index in [1.807, 2.05) is 25.1 Å². The van der Waals surface area contributed by atoms with Crippen LogP contribution in [0.25, 0.3) is 0 Å². The molecule has 33 heavy (non-hydrogen) atoms. The number of hydrogen-bond donors (Lipinski definition) is 0. The molecule has 0 N–H and O–H groups in total. The second-order valence-electron chi connectivity index (χ2n) is 9.75. The number of ether oxygens (including phenoxy) is 2. The zero-order valence-corrected chi connectivity index (χ0v) is 21.2. The van der Waals surface area contributed by atoms with E-state index in [0.29, 0.717) is 0 Å². The van der Waals surface area contributed by atoms with Gasteiger partial charge in [0.05, 0.1) is 20.6 Å². The van der Waals surface area contributed by atoms with Crippen LogP contribution in [0, 0.1) is 5.92 Å². The van der Waals surface area contributed by atoms with Gasteiger partial charge in [-0.2, -0.15) is 0 Å². The zero-order chi connectivity index (χ0) is 23.9. The quantitative estimate of drug-likeness (QED) is 0.121. The predicted octanol–water partition coefficient (Wildman–Crippen LogP) is 6.77. The highest BCUT2D eigenvalue weighted by Crippen LogP contribution is 2.18. The summed E-state index contributed by atoms with van der Waals surface area (Å²) in [5.41, 5.74) is 2.60. The van der Waals surface area contributed by atoms with Crippen molar-refractivity contribution in [3.63, 3.8) is 0 Å². The molecule has 0 saturated carbocycles. The van der Waals surface area contributed by atoms with Crippen molar-refractivity contribution in [1.82, 2.24) is 0 Å². The number of carbonyl (C=O) groups excluding carboxylic acids is 1. The third-order valence-electron chi connectivity index (χ3n) is 6.16. The topological polar surface area (TPSA) is 35.5 Å². The van der Waals surface area contributed by atoms with Gasteiger partial charge in [-0.25, -0.2) is 0 Å². The molecule has 2 rings (SSSR count). The molecule has 0 aromatic heterocycles. The van der Waals surface area contributed by atoms with Crippen LogP contribution in [0.5, 0.6) is 5.75 Å². The molecule has 4 heteroatoms. The third kappa shape index (κ3) is 10.9. The van der Waals surface area contributed by atoms with Gasteiger partial charge in [-0.05, 0) is 37.0 Å². The Kier molecular flexibility index (Phi) is 12.0. The average Bonchev–Trinajstić information content (AvgIpc) is 2.81. The molecule has 182 valence electrons. The van der Waals surface area contributed by atoms with E-state index in [2.05, 4.69) is 57.4 Å². The molecule has 2 aromatic carbocycles. The van der Waals surface area contributed by atoms with Crippen LogP contribution >= 0.6 is 0 Å². The maximum atomic E-state index is 12.6. The fraction of sp³-hybridized carbons (Fsp3) is 0.552. The molecular formula is C29H44NO3+. The Bertz CT molecular complexity index is 786. The number of rotatable bonds is 16. The molecule has 4 nitrogen and oxygen atoms in total. The monoisotopic (exact) mass is 454 g/mol. The number of nitrogens with zero attached hydrogens (tertiary/aromatic N) is 1. The van der Waals surface area contributed by atoms with Crippen LogP contribution in [0.3, 0.4) is 0 Å². The normalized spacial score (nSPS) is 12.4. The maximum absolute atomic E-state index is 12.6. The molecular weight excluding hydrogens is 410 g/mol. The standard InChI is InChI=1S/C29H44NO3/c1-5-7-8-9-10-12-15-25-18-20-28(21-19-25)32-24-33-29(31)27(6-2)23-30(3,4)22-26-16-13-11-14-17-26/h11,13-14,16-21,27H,5-10,12,15,22-24H2,1-4H3/q+1. The lowest BCUT2D eigenvalue weighted by Gasteiger charge is -2.32. The van der Waals surface area contributed by atoms with Gasteiger partial charge in [-0.3, -0.25) is 4.79 Å². The van der Waals surface area contributed by atoms with Crippen LogP contribution in [0.2, 0.25) is 0 Å². The van der Waals surface area contributed by atoms with Crippen molar-refractivity contribution in [2.24, 2.45) is 5.92 Å². The summed E-state index contributed by atoms with van der Waals surface area (Å²) < 4.78 is 11.9. The molecule has 0 radical (unpaired) electrons. The van der Waals surface area contributed by atoms with Crippen LogP contribution < -0.4 is 4.74 Å². The highest BCUT2D eigenvalue weighted by molar-refractivity contribution is 5.72. The van der Waals surface area contributed by atoms with Gasteiger partial charge in [-0.1, -0.05) is 88.4 Å². The fourth-order valence-electron chi connectivity index (χ4n) is 4.24. The molecule has 0 spiro atoms. The molecule has 0 aliphatic rings. The van der Waals surface area contributed by atoms with Gasteiger partial charge >= 0.3 is 5.97 Å². The van der Waals surface area contributed by atoms with Crippen LogP contribution in [-0.2, 0) is 22.5 Å². The lowest BCUT2D eigenvalue weighted by Crippen LogP contribution is -2.44. The van der Waals surface area contributed by atoms with Crippen molar-refractivity contribution in [1.29, 1.82) is 0 Å². The van der Waals surface area contributed by atoms with Gasteiger partial charge < -0.3 is 14.0 Å². The maximum Gasteiger partial charge on any atom is 0.317 e. The molecule has 0 aliphatic carbocycles. The molecule has 0 aliphatic heterocycles. The number of carbonyl (C=O) groups is 1.